The van der Waals surface area contributed by atoms with Crippen LogP contribution >= 0.6 is 23.2 Å². The predicted octanol–water partition coefficient (Wildman–Crippen LogP) is 3.45. The van der Waals surface area contributed by atoms with Gasteiger partial charge in [0.1, 0.15) is 0 Å². The minimum absolute atomic E-state index is 0.0489. The number of urea groups is 1. The molecule has 2 aromatic rings. The topological polar surface area (TPSA) is 84.2 Å². The smallest absolute Gasteiger partial charge is 0.312 e. The molecule has 5 nitrogen and oxygen atoms in total. The highest BCUT2D eigenvalue weighted by atomic mass is 35.5. The molecule has 0 aliphatic heterocycles. The van der Waals surface area contributed by atoms with E-state index in [0.29, 0.717) is 28.6 Å². The monoisotopic (exact) mass is 379 g/mol. The van der Waals surface area contributed by atoms with Crippen molar-refractivity contribution in [3.05, 3.63) is 69.7 Å². The summed E-state index contributed by atoms with van der Waals surface area (Å²) >= 11 is 12.0. The van der Waals surface area contributed by atoms with Crippen LogP contribution in [0.4, 0.5) is 4.79 Å². The van der Waals surface area contributed by atoms with Crippen molar-refractivity contribution >= 4 is 35.1 Å². The second-order valence-electron chi connectivity index (χ2n) is 5.51. The second kappa shape index (κ2) is 9.30. The van der Waals surface area contributed by atoms with Crippen LogP contribution in [0.3, 0.4) is 0 Å². The van der Waals surface area contributed by atoms with Crippen molar-refractivity contribution < 1.29 is 9.59 Å². The predicted molar refractivity (Wildman–Crippen MR) is 99.7 cm³/mol. The molecular weight excluding hydrogens is 361 g/mol. The maximum atomic E-state index is 12.2. The lowest BCUT2D eigenvalue weighted by Crippen LogP contribution is -2.37. The zero-order chi connectivity index (χ0) is 18.2. The maximum absolute atomic E-state index is 12.2. The van der Waals surface area contributed by atoms with Crippen molar-refractivity contribution in [2.75, 3.05) is 6.54 Å². The van der Waals surface area contributed by atoms with Crippen molar-refractivity contribution in [2.24, 2.45) is 5.73 Å². The summed E-state index contributed by atoms with van der Waals surface area (Å²) in [5, 5.41) is 6.53. The SMILES string of the molecule is NC(=O)N[C@@H](CC(=O)NCCc1ccc(Cl)cc1)c1ccccc1Cl. The van der Waals surface area contributed by atoms with Gasteiger partial charge in [-0.05, 0) is 35.7 Å². The Hall–Kier alpha value is -2.24. The molecule has 0 spiro atoms. The zero-order valence-corrected chi connectivity index (χ0v) is 15.0. The fourth-order valence-electron chi connectivity index (χ4n) is 2.42. The number of amides is 3. The van der Waals surface area contributed by atoms with Gasteiger partial charge in [-0.15, -0.1) is 0 Å². The van der Waals surface area contributed by atoms with Gasteiger partial charge in [0.25, 0.3) is 0 Å². The number of halogens is 2. The number of hydrogen-bond donors (Lipinski definition) is 3. The molecule has 2 aromatic carbocycles. The summed E-state index contributed by atoms with van der Waals surface area (Å²) in [6.45, 7) is 0.478. The molecule has 0 fully saturated rings. The number of nitrogens with two attached hydrogens (primary N) is 1. The molecule has 1 atom stereocenters. The van der Waals surface area contributed by atoms with Crippen molar-refractivity contribution in [1.82, 2.24) is 10.6 Å². The minimum Gasteiger partial charge on any atom is -0.356 e. The number of primary amides is 1. The number of carbonyl (C=O) groups is 2. The van der Waals surface area contributed by atoms with Crippen LogP contribution in [0.2, 0.25) is 10.0 Å². The minimum atomic E-state index is -0.709. The third kappa shape index (κ3) is 6.29. The number of rotatable bonds is 7. The first-order chi connectivity index (χ1) is 12.0. The normalized spacial score (nSPS) is 11.6. The van der Waals surface area contributed by atoms with E-state index in [9.17, 15) is 9.59 Å². The first kappa shape index (κ1) is 19.1. The molecule has 4 N–H and O–H groups in total. The molecule has 0 radical (unpaired) electrons. The second-order valence-corrected chi connectivity index (χ2v) is 6.36. The van der Waals surface area contributed by atoms with Gasteiger partial charge in [-0.3, -0.25) is 4.79 Å². The van der Waals surface area contributed by atoms with E-state index in [1.165, 1.54) is 0 Å². The van der Waals surface area contributed by atoms with Gasteiger partial charge in [-0.25, -0.2) is 4.79 Å². The lowest BCUT2D eigenvalue weighted by Gasteiger charge is -2.19. The van der Waals surface area contributed by atoms with Crippen LogP contribution in [0.5, 0.6) is 0 Å². The Balaban J connectivity index is 1.91. The standard InChI is InChI=1S/C18H19Cl2N3O2/c19-13-7-5-12(6-8-13)9-10-22-17(24)11-16(23-18(21)25)14-3-1-2-4-15(14)20/h1-8,16H,9-11H2,(H,22,24)(H3,21,23,25)/t16-/m0/s1. The highest BCUT2D eigenvalue weighted by molar-refractivity contribution is 6.31. The highest BCUT2D eigenvalue weighted by Crippen LogP contribution is 2.25. The van der Waals surface area contributed by atoms with E-state index in [-0.39, 0.29) is 12.3 Å². The molecule has 0 saturated carbocycles. The fraction of sp³-hybridized carbons (Fsp3) is 0.222. The van der Waals surface area contributed by atoms with Crippen molar-refractivity contribution in [3.63, 3.8) is 0 Å². The molecule has 0 saturated heterocycles. The summed E-state index contributed by atoms with van der Waals surface area (Å²) < 4.78 is 0. The molecule has 0 aliphatic carbocycles. The third-order valence-electron chi connectivity index (χ3n) is 3.64. The van der Waals surface area contributed by atoms with Crippen LogP contribution in [-0.2, 0) is 11.2 Å². The maximum Gasteiger partial charge on any atom is 0.312 e. The Morgan fingerprint density at radius 2 is 1.72 bits per heavy atom. The molecule has 3 amide bonds. The first-order valence-corrected chi connectivity index (χ1v) is 8.53. The summed E-state index contributed by atoms with van der Waals surface area (Å²) in [4.78, 5) is 23.4. The van der Waals surface area contributed by atoms with E-state index in [1.807, 2.05) is 24.3 Å². The summed E-state index contributed by atoms with van der Waals surface area (Å²) in [7, 11) is 0. The Morgan fingerprint density at radius 3 is 2.36 bits per heavy atom. The van der Waals surface area contributed by atoms with E-state index < -0.39 is 12.1 Å². The van der Waals surface area contributed by atoms with Crippen LogP contribution in [0.1, 0.15) is 23.6 Å². The Bertz CT molecular complexity index is 735. The Kier molecular flexibility index (Phi) is 7.10. The van der Waals surface area contributed by atoms with Crippen LogP contribution in [0.25, 0.3) is 0 Å². The van der Waals surface area contributed by atoms with E-state index in [1.54, 1.807) is 24.3 Å². The molecule has 0 aromatic heterocycles. The average Bonchev–Trinajstić information content (AvgIpc) is 2.56. The average molecular weight is 380 g/mol. The van der Waals surface area contributed by atoms with Gasteiger partial charge in [0.15, 0.2) is 0 Å². The molecule has 25 heavy (non-hydrogen) atoms. The number of carbonyl (C=O) groups excluding carboxylic acids is 2. The lowest BCUT2D eigenvalue weighted by molar-refractivity contribution is -0.121. The number of nitrogens with one attached hydrogen (secondary N) is 2. The molecule has 0 heterocycles. The van der Waals surface area contributed by atoms with E-state index in [4.69, 9.17) is 28.9 Å². The van der Waals surface area contributed by atoms with Crippen molar-refractivity contribution in [2.45, 2.75) is 18.9 Å². The molecule has 0 aliphatic rings. The molecule has 2 rings (SSSR count). The van der Waals surface area contributed by atoms with Crippen LogP contribution < -0.4 is 16.4 Å². The van der Waals surface area contributed by atoms with E-state index in [2.05, 4.69) is 10.6 Å². The van der Waals surface area contributed by atoms with Crippen LogP contribution in [0, 0.1) is 0 Å². The first-order valence-electron chi connectivity index (χ1n) is 7.77. The Labute approximate surface area is 156 Å². The Morgan fingerprint density at radius 1 is 1.04 bits per heavy atom. The van der Waals surface area contributed by atoms with Crippen molar-refractivity contribution in [3.8, 4) is 0 Å². The third-order valence-corrected chi connectivity index (χ3v) is 4.23. The van der Waals surface area contributed by atoms with Gasteiger partial charge >= 0.3 is 6.03 Å². The van der Waals surface area contributed by atoms with Gasteiger partial charge in [0.2, 0.25) is 5.91 Å². The lowest BCUT2D eigenvalue weighted by atomic mass is 10.0. The molecule has 0 unspecified atom stereocenters. The summed E-state index contributed by atoms with van der Waals surface area (Å²) in [6, 6.07) is 13.2. The molecular formula is C18H19Cl2N3O2. The van der Waals surface area contributed by atoms with Gasteiger partial charge in [0, 0.05) is 16.6 Å². The van der Waals surface area contributed by atoms with Crippen molar-refractivity contribution in [1.29, 1.82) is 0 Å². The fourth-order valence-corrected chi connectivity index (χ4v) is 2.82. The number of hydrogen-bond acceptors (Lipinski definition) is 2. The van der Waals surface area contributed by atoms with Gasteiger partial charge in [-0.1, -0.05) is 53.5 Å². The largest absolute Gasteiger partial charge is 0.356 e. The van der Waals surface area contributed by atoms with Crippen LogP contribution in [0.15, 0.2) is 48.5 Å². The summed E-state index contributed by atoms with van der Waals surface area (Å²) in [5.74, 6) is -0.201. The van der Waals surface area contributed by atoms with Crippen LogP contribution in [-0.4, -0.2) is 18.5 Å². The quantitative estimate of drug-likeness (QED) is 0.687. The highest BCUT2D eigenvalue weighted by Gasteiger charge is 2.19. The van der Waals surface area contributed by atoms with Gasteiger partial charge in [-0.2, -0.15) is 0 Å². The molecule has 132 valence electrons. The van der Waals surface area contributed by atoms with Gasteiger partial charge in [0.05, 0.1) is 12.5 Å². The summed E-state index contributed by atoms with van der Waals surface area (Å²) in [6.07, 6.45) is 0.732. The summed E-state index contributed by atoms with van der Waals surface area (Å²) in [5.41, 5.74) is 6.93. The number of benzene rings is 2. The zero-order valence-electron chi connectivity index (χ0n) is 13.5. The molecule has 0 bridgehead atoms. The van der Waals surface area contributed by atoms with Gasteiger partial charge < -0.3 is 16.4 Å². The molecule has 7 heteroatoms. The van der Waals surface area contributed by atoms with E-state index >= 15 is 0 Å². The van der Waals surface area contributed by atoms with E-state index in [0.717, 1.165) is 5.56 Å².